The summed E-state index contributed by atoms with van der Waals surface area (Å²) >= 11 is 0. The molecule has 3 aromatic carbocycles. The number of ether oxygens (including phenoxy) is 3. The highest BCUT2D eigenvalue weighted by molar-refractivity contribution is 5.92. The van der Waals surface area contributed by atoms with Gasteiger partial charge in [0, 0.05) is 41.3 Å². The Labute approximate surface area is 316 Å². The van der Waals surface area contributed by atoms with Crippen LogP contribution in [-0.2, 0) is 27.2 Å². The molecule has 4 aromatic rings. The van der Waals surface area contributed by atoms with Gasteiger partial charge in [0.25, 0.3) is 0 Å². The summed E-state index contributed by atoms with van der Waals surface area (Å²) in [5.41, 5.74) is 3.85. The second-order valence-electron chi connectivity index (χ2n) is 12.4. The van der Waals surface area contributed by atoms with Crippen LogP contribution in [-0.4, -0.2) is 72.1 Å². The zero-order chi connectivity index (χ0) is 38.9. The lowest BCUT2D eigenvalue weighted by molar-refractivity contribution is -0.118. The summed E-state index contributed by atoms with van der Waals surface area (Å²) in [5.74, 6) is 2.68. The van der Waals surface area contributed by atoms with Gasteiger partial charge in [-0.25, -0.2) is 4.98 Å². The van der Waals surface area contributed by atoms with E-state index in [4.69, 9.17) is 29.2 Å². The number of carbonyl (C=O) groups is 3. The third-order valence-electron chi connectivity index (χ3n) is 7.47. The molecule has 54 heavy (non-hydrogen) atoms. The van der Waals surface area contributed by atoms with Crippen molar-refractivity contribution >= 4 is 29.4 Å². The van der Waals surface area contributed by atoms with E-state index in [1.54, 1.807) is 20.8 Å². The summed E-state index contributed by atoms with van der Waals surface area (Å²) in [6, 6.07) is 22.6. The highest BCUT2D eigenvalue weighted by atomic mass is 16.5. The topological polar surface area (TPSA) is 166 Å². The molecule has 13 nitrogen and oxygen atoms in total. The molecule has 0 saturated heterocycles. The minimum absolute atomic E-state index is 0.213. The number of nitrogens with one attached hydrogen (secondary N) is 4. The maximum atomic E-state index is 11.8. The van der Waals surface area contributed by atoms with Crippen molar-refractivity contribution in [1.29, 1.82) is 0 Å². The molecule has 0 aliphatic heterocycles. The highest BCUT2D eigenvalue weighted by Gasteiger charge is 2.12. The molecule has 0 saturated carbocycles. The molecule has 1 aromatic heterocycles. The number of carbonyl (C=O) groups excluding carboxylic acids is 3. The Morgan fingerprint density at radius 3 is 1.35 bits per heavy atom. The Bertz CT molecular complexity index is 1740. The van der Waals surface area contributed by atoms with Gasteiger partial charge < -0.3 is 35.5 Å². The minimum Gasteiger partial charge on any atom is -0.492 e. The fourth-order valence-electron chi connectivity index (χ4n) is 4.78. The SMILES string of the molecule is C=C(C)C(=O)NCCOc1cccc(Cc2nc(Cc3cccc(OCCNC(=O)C(=C)C)c3)nc(Nc3cccc(OCCNC(=O)C(=C)C)c3)n2)c1. The standard InChI is InChI=1S/C41H47N7O6/c1-27(2)38(49)42-16-19-52-33-13-7-10-30(22-33)24-36-46-37(25-31-11-8-14-34(23-31)53-20-17-43-39(50)28(3)4)48-41(47-36)45-32-12-9-15-35(26-32)54-21-18-44-40(51)29(5)6/h7-15,22-23,26H,1,3,5,16-21,24-25H2,2,4,6H3,(H,42,49)(H,43,50)(H,44,51)(H,45,46,47,48). The summed E-state index contributed by atoms with van der Waals surface area (Å²) in [6.45, 7) is 17.8. The predicted octanol–water partition coefficient (Wildman–Crippen LogP) is 5.01. The third kappa shape index (κ3) is 13.9. The minimum atomic E-state index is -0.220. The van der Waals surface area contributed by atoms with E-state index in [2.05, 4.69) is 41.0 Å². The van der Waals surface area contributed by atoms with E-state index in [-0.39, 0.29) is 24.3 Å². The van der Waals surface area contributed by atoms with E-state index >= 15 is 0 Å². The van der Waals surface area contributed by atoms with Crippen LogP contribution in [0.5, 0.6) is 17.2 Å². The number of rotatable bonds is 21. The van der Waals surface area contributed by atoms with Crippen LogP contribution in [0.4, 0.5) is 11.6 Å². The van der Waals surface area contributed by atoms with Gasteiger partial charge >= 0.3 is 0 Å². The van der Waals surface area contributed by atoms with Gasteiger partial charge in [-0.1, -0.05) is 50.1 Å². The van der Waals surface area contributed by atoms with Crippen LogP contribution in [0.15, 0.2) is 109 Å². The van der Waals surface area contributed by atoms with Gasteiger partial charge in [-0.2, -0.15) is 9.97 Å². The molecule has 0 bridgehead atoms. The molecule has 13 heteroatoms. The van der Waals surface area contributed by atoms with Crippen LogP contribution < -0.4 is 35.5 Å². The van der Waals surface area contributed by atoms with Gasteiger partial charge in [-0.05, 0) is 68.3 Å². The third-order valence-corrected chi connectivity index (χ3v) is 7.47. The fraction of sp³-hybridized carbons (Fsp3) is 0.268. The molecular weight excluding hydrogens is 686 g/mol. The molecule has 0 radical (unpaired) electrons. The second kappa shape index (κ2) is 20.5. The van der Waals surface area contributed by atoms with Crippen molar-refractivity contribution in [2.24, 2.45) is 0 Å². The Hall–Kier alpha value is -6.50. The van der Waals surface area contributed by atoms with Gasteiger partial charge in [-0.3, -0.25) is 14.4 Å². The van der Waals surface area contributed by atoms with E-state index in [1.165, 1.54) is 0 Å². The Kier molecular flexibility index (Phi) is 15.3. The molecule has 0 fully saturated rings. The van der Waals surface area contributed by atoms with Crippen LogP contribution in [0.1, 0.15) is 43.5 Å². The molecule has 0 unspecified atom stereocenters. The van der Waals surface area contributed by atoms with E-state index < -0.39 is 0 Å². The quantitative estimate of drug-likeness (QED) is 0.0676. The summed E-state index contributed by atoms with van der Waals surface area (Å²) in [4.78, 5) is 49.7. The lowest BCUT2D eigenvalue weighted by Crippen LogP contribution is -2.28. The Morgan fingerprint density at radius 2 is 0.944 bits per heavy atom. The van der Waals surface area contributed by atoms with Crippen molar-refractivity contribution in [3.8, 4) is 17.2 Å². The van der Waals surface area contributed by atoms with Crippen molar-refractivity contribution in [3.05, 3.63) is 132 Å². The number of hydrogen-bond donors (Lipinski definition) is 4. The summed E-state index contributed by atoms with van der Waals surface area (Å²) in [6.07, 6.45) is 0.789. The highest BCUT2D eigenvalue weighted by Crippen LogP contribution is 2.22. The first-order chi connectivity index (χ1) is 25.9. The number of anilines is 2. The molecule has 282 valence electrons. The molecule has 0 aliphatic carbocycles. The normalized spacial score (nSPS) is 10.4. The van der Waals surface area contributed by atoms with Crippen molar-refractivity contribution in [2.75, 3.05) is 44.8 Å². The smallest absolute Gasteiger partial charge is 0.246 e. The average molecular weight is 734 g/mol. The van der Waals surface area contributed by atoms with E-state index in [9.17, 15) is 14.4 Å². The van der Waals surface area contributed by atoms with Gasteiger partial charge in [-0.15, -0.1) is 0 Å². The van der Waals surface area contributed by atoms with Crippen LogP contribution >= 0.6 is 0 Å². The lowest BCUT2D eigenvalue weighted by atomic mass is 10.1. The zero-order valence-electron chi connectivity index (χ0n) is 31.0. The van der Waals surface area contributed by atoms with E-state index in [1.807, 2.05) is 72.8 Å². The molecule has 4 rings (SSSR count). The molecule has 0 atom stereocenters. The van der Waals surface area contributed by atoms with Gasteiger partial charge in [0.1, 0.15) is 48.7 Å². The average Bonchev–Trinajstić information content (AvgIpc) is 3.13. The fourth-order valence-corrected chi connectivity index (χ4v) is 4.78. The summed E-state index contributed by atoms with van der Waals surface area (Å²) in [7, 11) is 0. The van der Waals surface area contributed by atoms with Crippen molar-refractivity contribution in [1.82, 2.24) is 30.9 Å². The molecule has 0 spiro atoms. The maximum absolute atomic E-state index is 11.8. The maximum Gasteiger partial charge on any atom is 0.246 e. The van der Waals surface area contributed by atoms with Crippen LogP contribution in [0, 0.1) is 0 Å². The Morgan fingerprint density at radius 1 is 0.556 bits per heavy atom. The first-order valence-corrected chi connectivity index (χ1v) is 17.4. The number of aromatic nitrogens is 3. The summed E-state index contributed by atoms with van der Waals surface area (Å²) < 4.78 is 17.6. The number of hydrogen-bond acceptors (Lipinski definition) is 10. The number of amides is 3. The van der Waals surface area contributed by atoms with Crippen molar-refractivity contribution in [3.63, 3.8) is 0 Å². The van der Waals surface area contributed by atoms with Gasteiger partial charge in [0.05, 0.1) is 19.6 Å². The summed E-state index contributed by atoms with van der Waals surface area (Å²) in [5, 5.41) is 11.6. The zero-order valence-corrected chi connectivity index (χ0v) is 31.0. The number of nitrogens with zero attached hydrogens (tertiary/aromatic N) is 3. The van der Waals surface area contributed by atoms with E-state index in [0.717, 1.165) is 11.1 Å². The molecule has 3 amide bonds. The van der Waals surface area contributed by atoms with Gasteiger partial charge in [0.2, 0.25) is 23.7 Å². The van der Waals surface area contributed by atoms with Crippen LogP contribution in [0.25, 0.3) is 0 Å². The first kappa shape index (κ1) is 40.3. The van der Waals surface area contributed by atoms with Crippen molar-refractivity contribution in [2.45, 2.75) is 33.6 Å². The van der Waals surface area contributed by atoms with Crippen LogP contribution in [0.2, 0.25) is 0 Å². The Balaban J connectivity index is 1.49. The predicted molar refractivity (Wildman–Crippen MR) is 208 cm³/mol. The second-order valence-corrected chi connectivity index (χ2v) is 12.4. The monoisotopic (exact) mass is 733 g/mol. The molecular formula is C41H47N7O6. The van der Waals surface area contributed by atoms with Crippen LogP contribution in [0.3, 0.4) is 0 Å². The molecule has 1 heterocycles. The molecule has 4 N–H and O–H groups in total. The largest absolute Gasteiger partial charge is 0.492 e. The first-order valence-electron chi connectivity index (χ1n) is 17.4. The van der Waals surface area contributed by atoms with E-state index in [0.29, 0.717) is 103 Å². The van der Waals surface area contributed by atoms with Crippen molar-refractivity contribution < 1.29 is 28.6 Å². The van der Waals surface area contributed by atoms with Gasteiger partial charge in [0.15, 0.2) is 0 Å². The number of benzene rings is 3. The lowest BCUT2D eigenvalue weighted by Gasteiger charge is -2.12. The molecule has 0 aliphatic rings.